The van der Waals surface area contributed by atoms with Gasteiger partial charge in [-0.2, -0.15) is 5.10 Å². The van der Waals surface area contributed by atoms with Crippen LogP contribution < -0.4 is 10.2 Å². The molecule has 122 valence electrons. The van der Waals surface area contributed by atoms with Gasteiger partial charge >= 0.3 is 0 Å². The molecular formula is C18H17N3O3. The quantitative estimate of drug-likeness (QED) is 0.578. The van der Waals surface area contributed by atoms with E-state index in [2.05, 4.69) is 15.5 Å². The summed E-state index contributed by atoms with van der Waals surface area (Å²) in [5.41, 5.74) is 3.98. The highest BCUT2D eigenvalue weighted by molar-refractivity contribution is 5.86. The van der Waals surface area contributed by atoms with Crippen LogP contribution >= 0.6 is 0 Å². The number of amides is 1. The molecule has 2 aromatic heterocycles. The van der Waals surface area contributed by atoms with E-state index in [0.717, 1.165) is 28.0 Å². The van der Waals surface area contributed by atoms with E-state index in [-0.39, 0.29) is 12.5 Å². The van der Waals surface area contributed by atoms with Crippen LogP contribution in [0.2, 0.25) is 0 Å². The summed E-state index contributed by atoms with van der Waals surface area (Å²) in [4.78, 5) is 16.1. The largest absolute Gasteiger partial charge is 0.481 e. The van der Waals surface area contributed by atoms with E-state index in [1.54, 1.807) is 18.5 Å². The van der Waals surface area contributed by atoms with Crippen LogP contribution in [0.3, 0.4) is 0 Å². The number of nitrogens with one attached hydrogen (secondary N) is 1. The minimum absolute atomic E-state index is 0.142. The fourth-order valence-electron chi connectivity index (χ4n) is 2.32. The SMILES string of the molecule is Cc1cc(/C=N/NC(=O)COc2cccc3cccnc23)c(C)o1. The molecule has 0 fully saturated rings. The van der Waals surface area contributed by atoms with Crippen molar-refractivity contribution < 1.29 is 13.9 Å². The number of hydrazone groups is 1. The van der Waals surface area contributed by atoms with Crippen molar-refractivity contribution >= 4 is 23.0 Å². The van der Waals surface area contributed by atoms with Gasteiger partial charge in [0.1, 0.15) is 22.8 Å². The monoisotopic (exact) mass is 323 g/mol. The molecule has 0 radical (unpaired) electrons. The summed E-state index contributed by atoms with van der Waals surface area (Å²) in [6.07, 6.45) is 3.23. The number of carbonyl (C=O) groups is 1. The van der Waals surface area contributed by atoms with Crippen molar-refractivity contribution in [1.82, 2.24) is 10.4 Å². The number of hydrogen-bond acceptors (Lipinski definition) is 5. The molecule has 0 aliphatic carbocycles. The molecule has 1 aromatic carbocycles. The molecule has 0 bridgehead atoms. The summed E-state index contributed by atoms with van der Waals surface area (Å²) in [5.74, 6) is 1.77. The first-order valence-electron chi connectivity index (χ1n) is 7.49. The van der Waals surface area contributed by atoms with Gasteiger partial charge in [0.05, 0.1) is 6.21 Å². The van der Waals surface area contributed by atoms with Crippen LogP contribution in [0, 0.1) is 13.8 Å². The van der Waals surface area contributed by atoms with E-state index >= 15 is 0 Å². The number of benzene rings is 1. The maximum absolute atomic E-state index is 11.8. The molecular weight excluding hydrogens is 306 g/mol. The Kier molecular flexibility index (Phi) is 4.56. The van der Waals surface area contributed by atoms with Gasteiger partial charge in [-0.1, -0.05) is 18.2 Å². The number of pyridine rings is 1. The molecule has 24 heavy (non-hydrogen) atoms. The fourth-order valence-corrected chi connectivity index (χ4v) is 2.32. The number of para-hydroxylation sites is 1. The van der Waals surface area contributed by atoms with Crippen LogP contribution in [-0.4, -0.2) is 23.7 Å². The summed E-state index contributed by atoms with van der Waals surface area (Å²) in [5, 5.41) is 4.87. The van der Waals surface area contributed by atoms with E-state index < -0.39 is 0 Å². The molecule has 6 nitrogen and oxygen atoms in total. The lowest BCUT2D eigenvalue weighted by Crippen LogP contribution is -2.24. The highest BCUT2D eigenvalue weighted by atomic mass is 16.5. The maximum atomic E-state index is 11.8. The number of fused-ring (bicyclic) bond motifs is 1. The molecule has 0 unspecified atom stereocenters. The number of furan rings is 1. The van der Waals surface area contributed by atoms with E-state index in [1.165, 1.54) is 0 Å². The Balaban J connectivity index is 1.58. The highest BCUT2D eigenvalue weighted by Crippen LogP contribution is 2.22. The molecule has 0 aliphatic heterocycles. The summed E-state index contributed by atoms with van der Waals surface area (Å²) in [6, 6.07) is 11.2. The van der Waals surface area contributed by atoms with Crippen molar-refractivity contribution in [3.05, 3.63) is 59.7 Å². The van der Waals surface area contributed by atoms with Gasteiger partial charge in [0.15, 0.2) is 6.61 Å². The average Bonchev–Trinajstić information content (AvgIpc) is 2.90. The summed E-state index contributed by atoms with van der Waals surface area (Å²) >= 11 is 0. The standard InChI is InChI=1S/C18H17N3O3/c1-12-9-15(13(2)24-12)10-20-21-17(22)11-23-16-7-3-5-14-6-4-8-19-18(14)16/h3-10H,11H2,1-2H3,(H,21,22)/b20-10+. The number of carbonyl (C=O) groups excluding carboxylic acids is 1. The van der Waals surface area contributed by atoms with Crippen LogP contribution in [0.4, 0.5) is 0 Å². The van der Waals surface area contributed by atoms with E-state index in [0.29, 0.717) is 5.75 Å². The zero-order valence-electron chi connectivity index (χ0n) is 13.4. The molecule has 0 saturated heterocycles. The lowest BCUT2D eigenvalue weighted by molar-refractivity contribution is -0.123. The van der Waals surface area contributed by atoms with Gasteiger partial charge in [-0.25, -0.2) is 5.43 Å². The van der Waals surface area contributed by atoms with Crippen LogP contribution in [0.15, 0.2) is 52.1 Å². The Morgan fingerprint density at radius 2 is 2.17 bits per heavy atom. The van der Waals surface area contributed by atoms with Crippen LogP contribution in [0.1, 0.15) is 17.1 Å². The number of hydrogen-bond donors (Lipinski definition) is 1. The van der Waals surface area contributed by atoms with Crippen molar-refractivity contribution in [3.8, 4) is 5.75 Å². The zero-order chi connectivity index (χ0) is 16.9. The van der Waals surface area contributed by atoms with E-state index in [4.69, 9.17) is 9.15 Å². The van der Waals surface area contributed by atoms with Gasteiger partial charge < -0.3 is 9.15 Å². The number of nitrogens with zero attached hydrogens (tertiary/aromatic N) is 2. The fraction of sp³-hybridized carbons (Fsp3) is 0.167. The van der Waals surface area contributed by atoms with Gasteiger partial charge in [-0.15, -0.1) is 0 Å². The first-order chi connectivity index (χ1) is 11.6. The Hall–Kier alpha value is -3.15. The van der Waals surface area contributed by atoms with Gasteiger partial charge in [-0.3, -0.25) is 9.78 Å². The Labute approximate surface area is 139 Å². The van der Waals surface area contributed by atoms with Gasteiger partial charge in [-0.05, 0) is 32.0 Å². The summed E-state index contributed by atoms with van der Waals surface area (Å²) < 4.78 is 10.9. The van der Waals surface area contributed by atoms with Crippen LogP contribution in [0.5, 0.6) is 5.75 Å². The predicted octanol–water partition coefficient (Wildman–Crippen LogP) is 2.97. The highest BCUT2D eigenvalue weighted by Gasteiger charge is 2.06. The smallest absolute Gasteiger partial charge is 0.277 e. The second-order valence-corrected chi connectivity index (χ2v) is 5.28. The number of ether oxygens (including phenoxy) is 1. The molecule has 0 saturated carbocycles. The second-order valence-electron chi connectivity index (χ2n) is 5.28. The van der Waals surface area contributed by atoms with E-state index in [1.807, 2.05) is 44.2 Å². The minimum Gasteiger partial charge on any atom is -0.481 e. The van der Waals surface area contributed by atoms with Crippen LogP contribution in [0.25, 0.3) is 10.9 Å². The summed E-state index contributed by atoms with van der Waals surface area (Å²) in [7, 11) is 0. The predicted molar refractivity (Wildman–Crippen MR) is 91.2 cm³/mol. The van der Waals surface area contributed by atoms with Gasteiger partial charge in [0.25, 0.3) is 5.91 Å². The lowest BCUT2D eigenvalue weighted by Gasteiger charge is -2.07. The number of aryl methyl sites for hydroxylation is 2. The molecule has 0 atom stereocenters. The minimum atomic E-state index is -0.350. The molecule has 0 spiro atoms. The van der Waals surface area contributed by atoms with Crippen LogP contribution in [-0.2, 0) is 4.79 Å². The molecule has 3 aromatic rings. The molecule has 3 rings (SSSR count). The molecule has 0 aliphatic rings. The molecule has 6 heteroatoms. The maximum Gasteiger partial charge on any atom is 0.277 e. The van der Waals surface area contributed by atoms with Crippen molar-refractivity contribution in [3.63, 3.8) is 0 Å². The van der Waals surface area contributed by atoms with Crippen molar-refractivity contribution in [2.45, 2.75) is 13.8 Å². The lowest BCUT2D eigenvalue weighted by atomic mass is 10.2. The summed E-state index contributed by atoms with van der Waals surface area (Å²) in [6.45, 7) is 3.55. The van der Waals surface area contributed by atoms with Crippen molar-refractivity contribution in [2.75, 3.05) is 6.61 Å². The third kappa shape index (κ3) is 3.60. The first kappa shape index (κ1) is 15.7. The molecule has 1 amide bonds. The van der Waals surface area contributed by atoms with Gasteiger partial charge in [0.2, 0.25) is 0 Å². The Morgan fingerprint density at radius 3 is 2.96 bits per heavy atom. The van der Waals surface area contributed by atoms with Gasteiger partial charge in [0, 0.05) is 17.1 Å². The Bertz CT molecular complexity index is 894. The van der Waals surface area contributed by atoms with Crippen molar-refractivity contribution in [1.29, 1.82) is 0 Å². The third-order valence-corrected chi connectivity index (χ3v) is 3.43. The average molecular weight is 323 g/mol. The number of aromatic nitrogens is 1. The van der Waals surface area contributed by atoms with E-state index in [9.17, 15) is 4.79 Å². The second kappa shape index (κ2) is 6.95. The molecule has 2 heterocycles. The number of rotatable bonds is 5. The Morgan fingerprint density at radius 1 is 1.33 bits per heavy atom. The third-order valence-electron chi connectivity index (χ3n) is 3.43. The topological polar surface area (TPSA) is 76.7 Å². The van der Waals surface area contributed by atoms with Crippen molar-refractivity contribution in [2.24, 2.45) is 5.10 Å². The first-order valence-corrected chi connectivity index (χ1v) is 7.49. The zero-order valence-corrected chi connectivity index (χ0v) is 13.4. The normalized spacial score (nSPS) is 11.1. The molecule has 1 N–H and O–H groups in total.